The van der Waals surface area contributed by atoms with E-state index in [0.717, 1.165) is 59.8 Å². The fourth-order valence-electron chi connectivity index (χ4n) is 8.53. The molecule has 0 spiro atoms. The first kappa shape index (κ1) is 46.7. The fourth-order valence-corrected chi connectivity index (χ4v) is 12.9. The average Bonchev–Trinajstić information content (AvgIpc) is 3.55. The number of nitrogens with one attached hydrogen (secondary N) is 1. The third-order valence-electron chi connectivity index (χ3n) is 11.8. The van der Waals surface area contributed by atoms with E-state index >= 15 is 8.78 Å². The van der Waals surface area contributed by atoms with Gasteiger partial charge in [-0.15, -0.1) is 11.3 Å². The first-order valence-corrected chi connectivity index (χ1v) is 25.7. The van der Waals surface area contributed by atoms with Crippen LogP contribution in [0, 0.1) is 23.7 Å². The van der Waals surface area contributed by atoms with Crippen molar-refractivity contribution >= 4 is 80.5 Å². The van der Waals surface area contributed by atoms with Gasteiger partial charge in [0.25, 0.3) is 5.91 Å². The van der Waals surface area contributed by atoms with Gasteiger partial charge in [-0.3, -0.25) is 28.5 Å². The van der Waals surface area contributed by atoms with E-state index in [4.69, 9.17) is 9.05 Å². The molecule has 4 fully saturated rings. The lowest BCUT2D eigenvalue weighted by molar-refractivity contribution is -0.149. The lowest BCUT2D eigenvalue weighted by Gasteiger charge is -2.42. The van der Waals surface area contributed by atoms with Crippen molar-refractivity contribution in [3.05, 3.63) is 59.0 Å². The number of fused-ring (bicyclic) bond motifs is 3. The molecule has 2 aromatic heterocycles. The second kappa shape index (κ2) is 19.9. The maximum absolute atomic E-state index is 16.4. The van der Waals surface area contributed by atoms with Crippen LogP contribution >= 0.6 is 42.5 Å². The Labute approximate surface area is 373 Å². The summed E-state index contributed by atoms with van der Waals surface area (Å²) in [7, 11) is -5.23. The van der Waals surface area contributed by atoms with Crippen molar-refractivity contribution in [2.75, 3.05) is 37.8 Å². The van der Waals surface area contributed by atoms with Crippen LogP contribution in [0.2, 0.25) is 0 Å². The minimum Gasteiger partial charge on any atom is -0.340 e. The molecule has 13 nitrogen and oxygen atoms in total. The third-order valence-corrected chi connectivity index (χ3v) is 16.6. The zero-order chi connectivity index (χ0) is 44.3. The van der Waals surface area contributed by atoms with Crippen molar-refractivity contribution in [2.45, 2.75) is 102 Å². The number of carbonyl (C=O) groups excluding carboxylic acids is 5. The number of alkyl halides is 2. The summed E-state index contributed by atoms with van der Waals surface area (Å²) in [6.07, 6.45) is 7.45. The van der Waals surface area contributed by atoms with E-state index in [1.54, 1.807) is 28.3 Å². The van der Waals surface area contributed by atoms with Gasteiger partial charge in [0.05, 0.1) is 24.0 Å². The smallest absolute Gasteiger partial charge is 0.340 e. The van der Waals surface area contributed by atoms with Crippen LogP contribution in [-0.4, -0.2) is 104 Å². The normalized spacial score (nSPS) is 22.9. The predicted octanol–water partition coefficient (Wildman–Crippen LogP) is 8.09. The summed E-state index contributed by atoms with van der Waals surface area (Å²) in [6.45, 7) is 7.62. The lowest BCUT2D eigenvalue weighted by atomic mass is 9.97. The predicted molar refractivity (Wildman–Crippen MR) is 236 cm³/mol. The Morgan fingerprint density at radius 1 is 0.919 bits per heavy atom. The molecule has 62 heavy (non-hydrogen) atoms. The summed E-state index contributed by atoms with van der Waals surface area (Å²) in [6, 6.07) is 5.31. The number of rotatable bonds is 18. The van der Waals surface area contributed by atoms with E-state index in [9.17, 15) is 28.5 Å². The van der Waals surface area contributed by atoms with Gasteiger partial charge in [0, 0.05) is 66.1 Å². The first-order valence-electron chi connectivity index (χ1n) is 21.3. The molecule has 4 aliphatic rings. The topological polar surface area (TPSA) is 165 Å². The van der Waals surface area contributed by atoms with Gasteiger partial charge in [0.15, 0.2) is 10.2 Å². The molecule has 7 rings (SSSR count). The SMILES string of the molecule is CC(C)CC(=O)SCCOP(=O)(OCCSC(=O)CC(C)C)C(F)(F)c1ccc2sc(C(=O)N[C@H]3C[C@@H]4C[C@@H]4CC4CC[C@@H](C(=O)N5CC(c6ncccn6)C5)N4C3=O)cc2c1. The monoisotopic (exact) mass is 933 g/mol. The van der Waals surface area contributed by atoms with Crippen LogP contribution < -0.4 is 5.32 Å². The molecule has 3 aliphatic heterocycles. The van der Waals surface area contributed by atoms with E-state index in [2.05, 4.69) is 15.3 Å². The van der Waals surface area contributed by atoms with Gasteiger partial charge >= 0.3 is 13.3 Å². The molecule has 336 valence electrons. The number of amides is 3. The highest BCUT2D eigenvalue weighted by atomic mass is 32.2. The Hall–Kier alpha value is -3.28. The zero-order valence-electron chi connectivity index (χ0n) is 35.3. The van der Waals surface area contributed by atoms with Gasteiger partial charge in [-0.2, -0.15) is 8.78 Å². The number of aromatic nitrogens is 2. The van der Waals surface area contributed by atoms with E-state index < -0.39 is 50.0 Å². The number of likely N-dealkylation sites (tertiary alicyclic amines) is 1. The molecular formula is C43H54F2N5O8PS3. The number of hydrogen-bond acceptors (Lipinski definition) is 13. The van der Waals surface area contributed by atoms with Crippen LogP contribution in [0.5, 0.6) is 0 Å². The standard InChI is InChI=1S/C43H54F2N5O8PS3/c1-25(2)16-37(51)60-14-12-57-59(56,58-13-15-61-38(52)17-26(3)4)43(44,45)31-6-9-35-29(19-31)22-36(62-35)40(53)48-33-21-28-18-27(28)20-32-7-8-34(50(32)41(33)54)42(55)49-23-30(24-49)39-46-10-5-11-47-39/h5-6,9-11,19,22,25-28,30,32-34H,7-8,12-18,20-21,23-24H2,1-4H3,(H,48,53)/t27-,28+,32?,33+,34+/m1/s1. The number of hydrogen-bond donors (Lipinski definition) is 1. The molecule has 1 aliphatic carbocycles. The average molecular weight is 934 g/mol. The van der Waals surface area contributed by atoms with E-state index in [1.807, 2.05) is 27.7 Å². The minimum atomic E-state index is -5.23. The third kappa shape index (κ3) is 10.8. The Morgan fingerprint density at radius 2 is 1.55 bits per heavy atom. The highest BCUT2D eigenvalue weighted by molar-refractivity contribution is 8.13. The summed E-state index contributed by atoms with van der Waals surface area (Å²) >= 11 is 2.89. The van der Waals surface area contributed by atoms with Crippen LogP contribution in [0.25, 0.3) is 10.1 Å². The molecule has 0 bridgehead atoms. The van der Waals surface area contributed by atoms with Gasteiger partial charge in [-0.05, 0) is 85.4 Å². The molecule has 3 saturated heterocycles. The van der Waals surface area contributed by atoms with Gasteiger partial charge in [-0.1, -0.05) is 57.3 Å². The van der Waals surface area contributed by atoms with Crippen molar-refractivity contribution < 1.29 is 46.4 Å². The Balaban J connectivity index is 1.03. The summed E-state index contributed by atoms with van der Waals surface area (Å²) in [4.78, 5) is 78.9. The van der Waals surface area contributed by atoms with E-state index in [-0.39, 0.29) is 68.1 Å². The van der Waals surface area contributed by atoms with Crippen LogP contribution in [0.1, 0.15) is 99.6 Å². The lowest BCUT2D eigenvalue weighted by Crippen LogP contribution is -2.59. The number of thioether (sulfide) groups is 2. The maximum atomic E-state index is 16.4. The number of nitrogens with zero attached hydrogens (tertiary/aromatic N) is 4. The number of thiophene rings is 1. The largest absolute Gasteiger partial charge is 0.404 e. The summed E-state index contributed by atoms with van der Waals surface area (Å²) in [5, 5.41) is 2.96. The van der Waals surface area contributed by atoms with Crippen molar-refractivity contribution in [3.8, 4) is 0 Å². The summed E-state index contributed by atoms with van der Waals surface area (Å²) in [5.74, 6) is 0.717. The van der Waals surface area contributed by atoms with Crippen molar-refractivity contribution in [1.82, 2.24) is 25.1 Å². The zero-order valence-corrected chi connectivity index (χ0v) is 38.7. The van der Waals surface area contributed by atoms with Gasteiger partial charge in [0.2, 0.25) is 11.8 Å². The summed E-state index contributed by atoms with van der Waals surface area (Å²) < 4.78 is 58.1. The van der Waals surface area contributed by atoms with Crippen LogP contribution in [0.4, 0.5) is 8.78 Å². The van der Waals surface area contributed by atoms with Crippen LogP contribution in [-0.2, 0) is 38.5 Å². The molecule has 1 N–H and O–H groups in total. The number of carbonyl (C=O) groups is 5. The first-order chi connectivity index (χ1) is 29.5. The second-order valence-electron chi connectivity index (χ2n) is 17.5. The number of benzene rings is 1. The minimum absolute atomic E-state index is 0.0115. The molecule has 0 radical (unpaired) electrons. The molecule has 1 unspecified atom stereocenters. The van der Waals surface area contributed by atoms with Crippen molar-refractivity contribution in [2.24, 2.45) is 23.7 Å². The molecule has 1 aromatic carbocycles. The highest BCUT2D eigenvalue weighted by Crippen LogP contribution is 2.67. The van der Waals surface area contributed by atoms with Crippen LogP contribution in [0.3, 0.4) is 0 Å². The van der Waals surface area contributed by atoms with Gasteiger partial charge in [0.1, 0.15) is 17.9 Å². The van der Waals surface area contributed by atoms with Crippen molar-refractivity contribution in [3.63, 3.8) is 0 Å². The molecule has 1 saturated carbocycles. The molecule has 3 aromatic rings. The molecule has 3 amide bonds. The molecule has 5 atom stereocenters. The summed E-state index contributed by atoms with van der Waals surface area (Å²) in [5.41, 5.74) is -4.79. The van der Waals surface area contributed by atoms with Gasteiger partial charge in [-0.25, -0.2) is 9.97 Å². The van der Waals surface area contributed by atoms with E-state index in [1.165, 1.54) is 12.1 Å². The molecule has 5 heterocycles. The van der Waals surface area contributed by atoms with Crippen molar-refractivity contribution in [1.29, 1.82) is 0 Å². The Morgan fingerprint density at radius 3 is 2.18 bits per heavy atom. The van der Waals surface area contributed by atoms with Gasteiger partial charge < -0.3 is 24.2 Å². The highest BCUT2D eigenvalue weighted by Gasteiger charge is 2.56. The fraction of sp³-hybridized carbons (Fsp3) is 0.605. The molecule has 19 heteroatoms. The van der Waals surface area contributed by atoms with E-state index in [0.29, 0.717) is 67.0 Å². The Bertz CT molecular complexity index is 2160. The number of halogens is 2. The maximum Gasteiger partial charge on any atom is 0.404 e. The molecular weight excluding hydrogens is 880 g/mol. The quantitative estimate of drug-likeness (QED) is 0.0965. The Kier molecular flexibility index (Phi) is 15.0. The second-order valence-corrected chi connectivity index (χ2v) is 23.0. The van der Waals surface area contributed by atoms with Crippen LogP contribution in [0.15, 0.2) is 42.7 Å².